The molecule has 0 N–H and O–H groups in total. The number of imidazole rings is 1. The number of ketones is 1. The van der Waals surface area contributed by atoms with Crippen LogP contribution < -0.4 is 0 Å². The van der Waals surface area contributed by atoms with E-state index in [1.165, 1.54) is 0 Å². The van der Waals surface area contributed by atoms with E-state index in [9.17, 15) is 28.1 Å². The summed E-state index contributed by atoms with van der Waals surface area (Å²) in [7, 11) is 0. The lowest BCUT2D eigenvalue weighted by atomic mass is 10.2. The van der Waals surface area contributed by atoms with Crippen LogP contribution in [0.1, 0.15) is 12.8 Å². The number of nitrogens with zero attached hydrogens (tertiary/aromatic N) is 3. The number of hydrogen-bond donors (Lipinski definition) is 0. The van der Waals surface area contributed by atoms with E-state index < -0.39 is 41.3 Å². The van der Waals surface area contributed by atoms with Gasteiger partial charge in [0.25, 0.3) is 0 Å². The molecule has 1 aromatic rings. The van der Waals surface area contributed by atoms with Crippen molar-refractivity contribution >= 4 is 11.6 Å². The molecule has 0 aliphatic heterocycles. The number of aromatic nitrogens is 2. The van der Waals surface area contributed by atoms with Crippen molar-refractivity contribution in [1.29, 1.82) is 0 Å². The third-order valence-corrected chi connectivity index (χ3v) is 1.99. The van der Waals surface area contributed by atoms with Gasteiger partial charge in [0.2, 0.25) is 6.33 Å². The van der Waals surface area contributed by atoms with Gasteiger partial charge in [-0.3, -0.25) is 4.79 Å². The predicted octanol–water partition coefficient (Wildman–Crippen LogP) is 2.22. The van der Waals surface area contributed by atoms with Gasteiger partial charge in [-0.05, 0) is 9.91 Å². The SMILES string of the molecule is O=C(CCC(F)=C(F)F)Cn1cnc([N+](=O)[O-])c1. The van der Waals surface area contributed by atoms with Crippen molar-refractivity contribution in [3.63, 3.8) is 0 Å². The summed E-state index contributed by atoms with van der Waals surface area (Å²) < 4.78 is 36.9. The van der Waals surface area contributed by atoms with E-state index in [0.29, 0.717) is 0 Å². The summed E-state index contributed by atoms with van der Waals surface area (Å²) in [6.07, 6.45) is -1.44. The smallest absolute Gasteiger partial charge is 0.358 e. The highest BCUT2D eigenvalue weighted by Gasteiger charge is 2.13. The second-order valence-electron chi connectivity index (χ2n) is 3.37. The van der Waals surface area contributed by atoms with Gasteiger partial charge in [0.15, 0.2) is 11.6 Å². The van der Waals surface area contributed by atoms with Gasteiger partial charge in [0.05, 0.1) is 6.54 Å². The molecule has 0 aliphatic rings. The summed E-state index contributed by atoms with van der Waals surface area (Å²) in [5.74, 6) is -2.58. The van der Waals surface area contributed by atoms with E-state index in [1.54, 1.807) is 0 Å². The lowest BCUT2D eigenvalue weighted by Crippen LogP contribution is -2.08. The van der Waals surface area contributed by atoms with Crippen molar-refractivity contribution in [3.05, 3.63) is 34.5 Å². The molecule has 0 unspecified atom stereocenters. The standard InChI is InChI=1S/C9H8F3N3O3/c10-7(9(11)12)2-1-6(16)3-14-4-8(13-5-14)15(17)18/h4-5H,1-3H2. The first kappa shape index (κ1) is 13.9. The highest BCUT2D eigenvalue weighted by molar-refractivity contribution is 5.78. The molecule has 0 aliphatic carbocycles. The van der Waals surface area contributed by atoms with Crippen molar-refractivity contribution in [2.75, 3.05) is 0 Å². The van der Waals surface area contributed by atoms with Crippen molar-refractivity contribution < 1.29 is 22.9 Å². The van der Waals surface area contributed by atoms with E-state index in [1.807, 2.05) is 0 Å². The molecule has 18 heavy (non-hydrogen) atoms. The zero-order valence-corrected chi connectivity index (χ0v) is 8.98. The first-order valence-electron chi connectivity index (χ1n) is 4.77. The van der Waals surface area contributed by atoms with Crippen molar-refractivity contribution in [3.8, 4) is 0 Å². The zero-order chi connectivity index (χ0) is 13.7. The Hall–Kier alpha value is -2.19. The average molecular weight is 263 g/mol. The molecule has 6 nitrogen and oxygen atoms in total. The lowest BCUT2D eigenvalue weighted by molar-refractivity contribution is -0.389. The Morgan fingerprint density at radius 2 is 2.06 bits per heavy atom. The van der Waals surface area contributed by atoms with Gasteiger partial charge in [-0.15, -0.1) is 0 Å². The fraction of sp³-hybridized carbons (Fsp3) is 0.333. The van der Waals surface area contributed by atoms with Crippen LogP contribution in [0.2, 0.25) is 0 Å². The van der Waals surface area contributed by atoms with Crippen molar-refractivity contribution in [2.45, 2.75) is 19.4 Å². The Bertz CT molecular complexity index is 494. The highest BCUT2D eigenvalue weighted by atomic mass is 19.3. The van der Waals surface area contributed by atoms with Crippen LogP contribution in [0.25, 0.3) is 0 Å². The second kappa shape index (κ2) is 5.94. The van der Waals surface area contributed by atoms with Crippen LogP contribution in [0.4, 0.5) is 19.0 Å². The molecule has 0 radical (unpaired) electrons. The monoisotopic (exact) mass is 263 g/mol. The Kier molecular flexibility index (Phi) is 4.58. The van der Waals surface area contributed by atoms with E-state index in [0.717, 1.165) is 17.1 Å². The van der Waals surface area contributed by atoms with Crippen LogP contribution in [-0.4, -0.2) is 20.3 Å². The van der Waals surface area contributed by atoms with Crippen molar-refractivity contribution in [2.24, 2.45) is 0 Å². The van der Waals surface area contributed by atoms with Gasteiger partial charge in [0, 0.05) is 12.8 Å². The summed E-state index contributed by atoms with van der Waals surface area (Å²) in [5, 5.41) is 10.3. The van der Waals surface area contributed by atoms with Crippen molar-refractivity contribution in [1.82, 2.24) is 9.55 Å². The summed E-state index contributed by atoms with van der Waals surface area (Å²) in [5.41, 5.74) is 0. The fourth-order valence-corrected chi connectivity index (χ4v) is 1.16. The van der Waals surface area contributed by atoms with Gasteiger partial charge in [-0.2, -0.15) is 8.78 Å². The number of carbonyl (C=O) groups is 1. The minimum absolute atomic E-state index is 0.276. The molecule has 0 amide bonds. The molecule has 0 bridgehead atoms. The fourth-order valence-electron chi connectivity index (χ4n) is 1.16. The average Bonchev–Trinajstić information content (AvgIpc) is 2.74. The second-order valence-corrected chi connectivity index (χ2v) is 3.37. The molecule has 0 atom stereocenters. The number of nitro groups is 1. The number of carbonyl (C=O) groups excluding carboxylic acids is 1. The van der Waals surface area contributed by atoms with Gasteiger partial charge in [-0.25, -0.2) is 4.39 Å². The summed E-state index contributed by atoms with van der Waals surface area (Å²) in [6, 6.07) is 0. The van der Waals surface area contributed by atoms with Gasteiger partial charge < -0.3 is 14.7 Å². The Labute approximate surface area is 98.9 Å². The molecular formula is C9H8F3N3O3. The Morgan fingerprint density at radius 3 is 2.56 bits per heavy atom. The Balaban J connectivity index is 2.50. The summed E-state index contributed by atoms with van der Waals surface area (Å²) in [6.45, 7) is -0.276. The molecular weight excluding hydrogens is 255 g/mol. The van der Waals surface area contributed by atoms with E-state index in [-0.39, 0.29) is 6.54 Å². The molecule has 0 saturated carbocycles. The van der Waals surface area contributed by atoms with Gasteiger partial charge in [-0.1, -0.05) is 0 Å². The minimum Gasteiger partial charge on any atom is -0.358 e. The molecule has 1 rings (SSSR count). The molecule has 9 heteroatoms. The first-order valence-corrected chi connectivity index (χ1v) is 4.77. The molecule has 1 heterocycles. The minimum atomic E-state index is -2.44. The van der Waals surface area contributed by atoms with E-state index in [2.05, 4.69) is 4.98 Å². The third-order valence-electron chi connectivity index (χ3n) is 1.99. The Morgan fingerprint density at radius 1 is 1.39 bits per heavy atom. The topological polar surface area (TPSA) is 78.0 Å². The van der Waals surface area contributed by atoms with Gasteiger partial charge in [0.1, 0.15) is 6.20 Å². The largest absolute Gasteiger partial charge is 0.381 e. The number of halogens is 3. The number of Topliss-reactive ketones (excluding diaryl/α,β-unsaturated/α-hetero) is 1. The summed E-state index contributed by atoms with van der Waals surface area (Å²) >= 11 is 0. The van der Waals surface area contributed by atoms with E-state index >= 15 is 0 Å². The van der Waals surface area contributed by atoms with Crippen LogP contribution in [-0.2, 0) is 11.3 Å². The van der Waals surface area contributed by atoms with Crippen LogP contribution in [0.3, 0.4) is 0 Å². The molecule has 98 valence electrons. The maximum Gasteiger partial charge on any atom is 0.381 e. The van der Waals surface area contributed by atoms with Crippen LogP contribution in [0.5, 0.6) is 0 Å². The maximum atomic E-state index is 12.4. The van der Waals surface area contributed by atoms with Crippen LogP contribution in [0.15, 0.2) is 24.4 Å². The molecule has 0 fully saturated rings. The van der Waals surface area contributed by atoms with Crippen LogP contribution >= 0.6 is 0 Å². The van der Waals surface area contributed by atoms with E-state index in [4.69, 9.17) is 0 Å². The number of rotatable bonds is 6. The molecule has 0 spiro atoms. The molecule has 0 aromatic carbocycles. The number of hydrogen-bond acceptors (Lipinski definition) is 4. The summed E-state index contributed by atoms with van der Waals surface area (Å²) in [4.78, 5) is 24.2. The van der Waals surface area contributed by atoms with Crippen LogP contribution in [0, 0.1) is 10.1 Å². The maximum absolute atomic E-state index is 12.4. The van der Waals surface area contributed by atoms with Gasteiger partial charge >= 0.3 is 11.9 Å². The first-order chi connectivity index (χ1) is 8.40. The molecule has 1 aromatic heterocycles. The number of allylic oxidation sites excluding steroid dienone is 1. The quantitative estimate of drug-likeness (QED) is 0.582. The molecule has 0 saturated heterocycles. The highest BCUT2D eigenvalue weighted by Crippen LogP contribution is 2.15. The predicted molar refractivity (Wildman–Crippen MR) is 53.5 cm³/mol. The zero-order valence-electron chi connectivity index (χ0n) is 8.98. The third kappa shape index (κ3) is 4.00. The lowest BCUT2D eigenvalue weighted by Gasteiger charge is -1.99. The normalized spacial score (nSPS) is 10.2.